The number of nitrogen functional groups attached to an aromatic ring is 1. The van der Waals surface area contributed by atoms with Crippen LogP contribution in [0.15, 0.2) is 42.7 Å². The third-order valence-electron chi connectivity index (χ3n) is 8.11. The molecule has 46 heavy (non-hydrogen) atoms. The van der Waals surface area contributed by atoms with E-state index in [2.05, 4.69) is 15.2 Å². The molecule has 1 aromatic carbocycles. The number of ether oxygens (including phenoxy) is 2. The lowest BCUT2D eigenvalue weighted by Crippen LogP contribution is -2.41. The minimum atomic E-state index is -4.38. The fourth-order valence-electron chi connectivity index (χ4n) is 4.75. The normalized spacial score (nSPS) is 23.9. The maximum Gasteiger partial charge on any atom is 0.459 e. The second-order valence-corrected chi connectivity index (χ2v) is 14.9. The highest BCUT2D eigenvalue weighted by molar-refractivity contribution is 7.52. The molecule has 1 fully saturated rings. The van der Waals surface area contributed by atoms with Crippen molar-refractivity contribution < 1.29 is 38.1 Å². The van der Waals surface area contributed by atoms with Gasteiger partial charge in [-0.05, 0) is 54.0 Å². The summed E-state index contributed by atoms with van der Waals surface area (Å²) in [6.07, 6.45) is -2.81. The summed E-state index contributed by atoms with van der Waals surface area (Å²) < 4.78 is 38.4. The molecule has 0 aliphatic carbocycles. The minimum absolute atomic E-state index is 0.0935. The van der Waals surface area contributed by atoms with Gasteiger partial charge in [0.05, 0.1) is 18.9 Å². The molecule has 1 aliphatic rings. The van der Waals surface area contributed by atoms with Gasteiger partial charge in [-0.2, -0.15) is 15.4 Å². The second kappa shape index (κ2) is 13.3. The summed E-state index contributed by atoms with van der Waals surface area (Å²) in [5.74, 6) is -0.352. The lowest BCUT2D eigenvalue weighted by Gasteiger charge is -2.27. The Kier molecular flexibility index (Phi) is 10.2. The third kappa shape index (κ3) is 7.36. The average Bonchev–Trinajstić information content (AvgIpc) is 3.55. The van der Waals surface area contributed by atoms with E-state index in [9.17, 15) is 24.8 Å². The van der Waals surface area contributed by atoms with Crippen LogP contribution < -0.4 is 15.3 Å². The summed E-state index contributed by atoms with van der Waals surface area (Å²) in [5.41, 5.74) is 4.90. The van der Waals surface area contributed by atoms with Crippen molar-refractivity contribution in [2.24, 2.45) is 5.41 Å². The fourth-order valence-corrected chi connectivity index (χ4v) is 6.25. The summed E-state index contributed by atoms with van der Waals surface area (Å²) in [5, 5.41) is 39.0. The van der Waals surface area contributed by atoms with Gasteiger partial charge in [0.2, 0.25) is 5.60 Å². The molecule has 3 heterocycles. The van der Waals surface area contributed by atoms with Gasteiger partial charge in [-0.3, -0.25) is 9.32 Å². The first-order valence-electron chi connectivity index (χ1n) is 15.0. The van der Waals surface area contributed by atoms with Crippen LogP contribution in [0.5, 0.6) is 5.75 Å². The second-order valence-electron chi connectivity index (χ2n) is 13.2. The van der Waals surface area contributed by atoms with Crippen LogP contribution in [0.25, 0.3) is 5.52 Å². The number of nitrogens with one attached hydrogen (secondary N) is 1. The SMILES string of the molecule is CCC(C)(C)COC(=O)[C@H](C)NP(=O)(OC[C@H]1O[C@@](C#N)(c2ccc3c(N)ncnn23)[C@H](O)[C@@H]1O)Oc1ccc(C(C)(C)C)cc1. The number of nitrogens with two attached hydrogens (primary N) is 1. The van der Waals surface area contributed by atoms with Gasteiger partial charge in [0.1, 0.15) is 48.0 Å². The Morgan fingerprint density at radius 1 is 1.22 bits per heavy atom. The van der Waals surface area contributed by atoms with Crippen molar-refractivity contribution in [1.82, 2.24) is 19.7 Å². The molecule has 2 aromatic heterocycles. The zero-order chi connectivity index (χ0) is 34.1. The number of carbonyl (C=O) groups excluding carboxylic acids is 1. The van der Waals surface area contributed by atoms with Gasteiger partial charge in [-0.25, -0.2) is 14.1 Å². The Balaban J connectivity index is 1.58. The van der Waals surface area contributed by atoms with Gasteiger partial charge in [0, 0.05) is 0 Å². The summed E-state index contributed by atoms with van der Waals surface area (Å²) in [6.45, 7) is 13.0. The molecule has 1 unspecified atom stereocenters. The number of aliphatic hydroxyl groups excluding tert-OH is 2. The molecule has 250 valence electrons. The van der Waals surface area contributed by atoms with Crippen molar-refractivity contribution in [3.8, 4) is 11.8 Å². The zero-order valence-corrected chi connectivity index (χ0v) is 28.0. The van der Waals surface area contributed by atoms with Crippen LogP contribution >= 0.6 is 7.75 Å². The summed E-state index contributed by atoms with van der Waals surface area (Å²) in [7, 11) is -4.38. The Hall–Kier alpha value is -3.57. The van der Waals surface area contributed by atoms with E-state index in [1.54, 1.807) is 18.2 Å². The highest BCUT2D eigenvalue weighted by atomic mass is 31.2. The lowest BCUT2D eigenvalue weighted by atomic mass is 9.87. The summed E-state index contributed by atoms with van der Waals surface area (Å²) in [4.78, 5) is 16.8. The van der Waals surface area contributed by atoms with Crippen LogP contribution in [0.4, 0.5) is 5.82 Å². The number of hydrogen-bond acceptors (Lipinski definition) is 12. The monoisotopic (exact) mass is 658 g/mol. The molecule has 6 atom stereocenters. The van der Waals surface area contributed by atoms with Crippen LogP contribution in [-0.4, -0.2) is 68.3 Å². The van der Waals surface area contributed by atoms with E-state index in [1.807, 2.05) is 59.7 Å². The maximum absolute atomic E-state index is 14.2. The Labute approximate surface area is 268 Å². The van der Waals surface area contributed by atoms with Gasteiger partial charge in [-0.15, -0.1) is 0 Å². The average molecular weight is 659 g/mol. The number of fused-ring (bicyclic) bond motifs is 1. The van der Waals surface area contributed by atoms with Gasteiger partial charge in [0.15, 0.2) is 5.82 Å². The Morgan fingerprint density at radius 3 is 2.50 bits per heavy atom. The van der Waals surface area contributed by atoms with E-state index in [-0.39, 0.29) is 34.7 Å². The molecular weight excluding hydrogens is 615 g/mol. The van der Waals surface area contributed by atoms with Crippen LogP contribution in [0.3, 0.4) is 0 Å². The first-order chi connectivity index (χ1) is 21.4. The first-order valence-corrected chi connectivity index (χ1v) is 16.5. The van der Waals surface area contributed by atoms with E-state index >= 15 is 0 Å². The fraction of sp³-hybridized carbons (Fsp3) is 0.548. The molecular formula is C31H43N6O8P. The smallest absolute Gasteiger partial charge is 0.459 e. The maximum atomic E-state index is 14.2. The number of carbonyl (C=O) groups is 1. The third-order valence-corrected chi connectivity index (χ3v) is 9.75. The van der Waals surface area contributed by atoms with Gasteiger partial charge in [0.25, 0.3) is 0 Å². The molecule has 0 saturated carbocycles. The first kappa shape index (κ1) is 35.3. The molecule has 5 N–H and O–H groups in total. The van der Waals surface area contributed by atoms with Crippen LogP contribution in [0.2, 0.25) is 0 Å². The number of benzene rings is 1. The van der Waals surface area contributed by atoms with Crippen molar-refractivity contribution in [1.29, 1.82) is 5.26 Å². The minimum Gasteiger partial charge on any atom is -0.464 e. The molecule has 0 bridgehead atoms. The van der Waals surface area contributed by atoms with Crippen molar-refractivity contribution in [3.63, 3.8) is 0 Å². The largest absolute Gasteiger partial charge is 0.464 e. The number of nitriles is 1. The zero-order valence-electron chi connectivity index (χ0n) is 27.1. The number of hydrogen-bond donors (Lipinski definition) is 4. The van der Waals surface area contributed by atoms with Gasteiger partial charge in [-0.1, -0.05) is 53.7 Å². The van der Waals surface area contributed by atoms with Crippen molar-refractivity contribution in [3.05, 3.63) is 54.0 Å². The highest BCUT2D eigenvalue weighted by Crippen LogP contribution is 2.47. The standard InChI is InChI=1S/C31H43N6O8P/c1-8-30(6,7)17-42-28(40)19(2)36-46(41,45-21-11-9-20(10-12-21)29(3,4)5)43-15-23-25(38)26(39)31(16-32,44-23)24-14-13-22-27(33)34-18-35-37(22)24/h9-14,18-19,23,25-26,38-39H,8,15,17H2,1-7H3,(H,36,41)(H2,33,34,35)/t19-,23+,25+,26+,31-,46?/m0/s1. The molecule has 0 amide bonds. The Bertz CT molecular complexity index is 1630. The lowest BCUT2D eigenvalue weighted by molar-refractivity contribution is -0.148. The van der Waals surface area contributed by atoms with Gasteiger partial charge >= 0.3 is 13.7 Å². The molecule has 14 nitrogen and oxygen atoms in total. The van der Waals surface area contributed by atoms with Crippen LogP contribution in [-0.2, 0) is 34.4 Å². The molecule has 1 saturated heterocycles. The Morgan fingerprint density at radius 2 is 1.89 bits per heavy atom. The molecule has 3 aromatic rings. The van der Waals surface area contributed by atoms with E-state index in [0.717, 1.165) is 12.0 Å². The topological polar surface area (TPSA) is 204 Å². The molecule has 15 heteroatoms. The molecule has 0 spiro atoms. The van der Waals surface area contributed by atoms with Crippen molar-refractivity contribution >= 4 is 25.1 Å². The predicted octanol–water partition coefficient (Wildman–Crippen LogP) is 3.61. The molecule has 0 radical (unpaired) electrons. The number of aromatic nitrogens is 3. The quantitative estimate of drug-likeness (QED) is 0.162. The van der Waals surface area contributed by atoms with E-state index < -0.39 is 50.3 Å². The van der Waals surface area contributed by atoms with E-state index in [0.29, 0.717) is 5.52 Å². The number of esters is 1. The van der Waals surface area contributed by atoms with Crippen LogP contribution in [0.1, 0.15) is 66.1 Å². The molecule has 4 rings (SSSR count). The number of aliphatic hydroxyl groups is 2. The van der Waals surface area contributed by atoms with E-state index in [1.165, 1.54) is 23.8 Å². The summed E-state index contributed by atoms with van der Waals surface area (Å²) in [6, 6.07) is 10.8. The predicted molar refractivity (Wildman–Crippen MR) is 169 cm³/mol. The number of nitrogens with zero attached hydrogens (tertiary/aromatic N) is 4. The summed E-state index contributed by atoms with van der Waals surface area (Å²) >= 11 is 0. The van der Waals surface area contributed by atoms with E-state index in [4.69, 9.17) is 24.3 Å². The van der Waals surface area contributed by atoms with Crippen molar-refractivity contribution in [2.45, 2.75) is 90.3 Å². The highest BCUT2D eigenvalue weighted by Gasteiger charge is 2.58. The van der Waals surface area contributed by atoms with Crippen LogP contribution in [0, 0.1) is 16.7 Å². The molecule has 1 aliphatic heterocycles. The van der Waals surface area contributed by atoms with Crippen molar-refractivity contribution in [2.75, 3.05) is 18.9 Å². The number of anilines is 1. The number of rotatable bonds is 12. The van der Waals surface area contributed by atoms with Gasteiger partial charge < -0.3 is 29.9 Å².